The van der Waals surface area contributed by atoms with Gasteiger partial charge in [0.05, 0.1) is 19.9 Å². The van der Waals surface area contributed by atoms with Crippen molar-refractivity contribution in [3.63, 3.8) is 0 Å². The lowest BCUT2D eigenvalue weighted by molar-refractivity contribution is -0.136. The highest BCUT2D eigenvalue weighted by Gasteiger charge is 2.13. The Morgan fingerprint density at radius 3 is 2.22 bits per heavy atom. The number of benzene rings is 3. The van der Waals surface area contributed by atoms with E-state index < -0.39 is 17.6 Å². The van der Waals surface area contributed by atoms with Crippen LogP contribution in [-0.4, -0.2) is 44.3 Å². The van der Waals surface area contributed by atoms with Gasteiger partial charge in [0.25, 0.3) is 5.91 Å². The molecule has 3 N–H and O–H groups in total. The molecule has 0 atom stereocenters. The number of carbonyl (C=O) groups excluding carboxylic acids is 3. The van der Waals surface area contributed by atoms with E-state index in [2.05, 4.69) is 21.2 Å². The molecule has 3 aromatic carbocycles. The molecule has 0 radical (unpaired) electrons. The summed E-state index contributed by atoms with van der Waals surface area (Å²) in [6.45, 7) is 1.88. The molecule has 192 valence electrons. The lowest BCUT2D eigenvalue weighted by Gasteiger charge is -2.13. The van der Waals surface area contributed by atoms with E-state index in [-0.39, 0.29) is 18.2 Å². The van der Waals surface area contributed by atoms with Gasteiger partial charge in [-0.15, -0.1) is 0 Å². The van der Waals surface area contributed by atoms with Crippen LogP contribution in [0.2, 0.25) is 0 Å². The van der Waals surface area contributed by atoms with Gasteiger partial charge in [-0.25, -0.2) is 9.82 Å². The smallest absolute Gasteiger partial charge is 0.329 e. The molecule has 0 aliphatic heterocycles. The number of hydrazone groups is 1. The van der Waals surface area contributed by atoms with Crippen LogP contribution in [-0.2, 0) is 14.4 Å². The van der Waals surface area contributed by atoms with E-state index in [1.807, 2.05) is 0 Å². The first-order chi connectivity index (χ1) is 17.9. The average Bonchev–Trinajstić information content (AvgIpc) is 2.90. The summed E-state index contributed by atoms with van der Waals surface area (Å²) in [4.78, 5) is 36.1. The van der Waals surface area contributed by atoms with Gasteiger partial charge in [0, 0.05) is 11.4 Å². The zero-order chi connectivity index (χ0) is 26.6. The molecule has 0 saturated heterocycles. The van der Waals surface area contributed by atoms with Crippen molar-refractivity contribution in [1.82, 2.24) is 5.43 Å². The normalized spacial score (nSPS) is 10.5. The van der Waals surface area contributed by atoms with Crippen LogP contribution in [0.1, 0.15) is 12.5 Å². The number of carbonyl (C=O) groups is 3. The molecule has 0 aliphatic carbocycles. The molecule has 3 rings (SSSR count). The van der Waals surface area contributed by atoms with Gasteiger partial charge in [-0.2, -0.15) is 5.10 Å². The molecule has 0 aromatic heterocycles. The quantitative estimate of drug-likeness (QED) is 0.219. The maximum atomic E-state index is 12.9. The van der Waals surface area contributed by atoms with Crippen LogP contribution in [0.3, 0.4) is 0 Å². The Labute approximate surface area is 212 Å². The fourth-order valence-corrected chi connectivity index (χ4v) is 2.94. The van der Waals surface area contributed by atoms with Gasteiger partial charge >= 0.3 is 11.8 Å². The third-order valence-electron chi connectivity index (χ3n) is 4.69. The SMILES string of the molecule is CCOc1cc(/C=N\NC(=O)C(=O)Nc2ccc(F)cc2)ccc1OCC(=O)Nc1ccc(OC)cc1. The third kappa shape index (κ3) is 8.35. The van der Waals surface area contributed by atoms with Gasteiger partial charge in [-0.3, -0.25) is 14.4 Å². The van der Waals surface area contributed by atoms with Crippen molar-refractivity contribution >= 4 is 35.3 Å². The second-order valence-corrected chi connectivity index (χ2v) is 7.36. The molecule has 3 aromatic rings. The number of hydrogen-bond donors (Lipinski definition) is 3. The Hall–Kier alpha value is -4.93. The highest BCUT2D eigenvalue weighted by atomic mass is 19.1. The Morgan fingerprint density at radius 1 is 0.865 bits per heavy atom. The van der Waals surface area contributed by atoms with E-state index >= 15 is 0 Å². The second-order valence-electron chi connectivity index (χ2n) is 7.36. The fourth-order valence-electron chi connectivity index (χ4n) is 2.94. The summed E-state index contributed by atoms with van der Waals surface area (Å²) in [6, 6.07) is 16.7. The molecule has 3 amide bonds. The molecule has 11 heteroatoms. The van der Waals surface area contributed by atoms with Gasteiger partial charge in [0.2, 0.25) is 0 Å². The van der Waals surface area contributed by atoms with E-state index in [9.17, 15) is 18.8 Å². The van der Waals surface area contributed by atoms with E-state index in [0.717, 1.165) is 12.1 Å². The minimum absolute atomic E-state index is 0.251. The van der Waals surface area contributed by atoms with Crippen molar-refractivity contribution in [2.24, 2.45) is 5.10 Å². The summed E-state index contributed by atoms with van der Waals surface area (Å²) in [7, 11) is 1.56. The topological polar surface area (TPSA) is 127 Å². The molecular weight excluding hydrogens is 483 g/mol. The molecule has 10 nitrogen and oxygen atoms in total. The van der Waals surface area contributed by atoms with Gasteiger partial charge in [0.15, 0.2) is 18.1 Å². The first-order valence-electron chi connectivity index (χ1n) is 11.1. The Balaban J connectivity index is 1.54. The van der Waals surface area contributed by atoms with Gasteiger partial charge in [-0.1, -0.05) is 0 Å². The molecule has 0 unspecified atom stereocenters. The van der Waals surface area contributed by atoms with Crippen molar-refractivity contribution in [3.8, 4) is 17.2 Å². The number of anilines is 2. The number of halogens is 1. The average molecular weight is 509 g/mol. The second kappa shape index (κ2) is 13.2. The van der Waals surface area contributed by atoms with Crippen LogP contribution in [0, 0.1) is 5.82 Å². The molecule has 0 heterocycles. The number of hydrogen-bond acceptors (Lipinski definition) is 7. The number of ether oxygens (including phenoxy) is 3. The Kier molecular flexibility index (Phi) is 9.54. The first-order valence-corrected chi connectivity index (χ1v) is 11.1. The molecule has 37 heavy (non-hydrogen) atoms. The van der Waals surface area contributed by atoms with Crippen molar-refractivity contribution in [1.29, 1.82) is 0 Å². The Morgan fingerprint density at radius 2 is 1.54 bits per heavy atom. The van der Waals surface area contributed by atoms with E-state index in [1.54, 1.807) is 56.5 Å². The summed E-state index contributed by atoms with van der Waals surface area (Å²) in [5.41, 5.74) is 3.51. The molecular formula is C26H25FN4O6. The predicted octanol–water partition coefficient (Wildman–Crippen LogP) is 3.34. The van der Waals surface area contributed by atoms with Crippen molar-refractivity contribution in [3.05, 3.63) is 78.1 Å². The molecule has 0 fully saturated rings. The highest BCUT2D eigenvalue weighted by Crippen LogP contribution is 2.28. The van der Waals surface area contributed by atoms with Crippen molar-refractivity contribution in [2.45, 2.75) is 6.92 Å². The minimum Gasteiger partial charge on any atom is -0.497 e. The summed E-state index contributed by atoms with van der Waals surface area (Å²) in [5, 5.41) is 8.82. The number of amides is 3. The van der Waals surface area contributed by atoms with Gasteiger partial charge in [0.1, 0.15) is 11.6 Å². The maximum absolute atomic E-state index is 12.9. The van der Waals surface area contributed by atoms with Crippen LogP contribution in [0.15, 0.2) is 71.8 Å². The maximum Gasteiger partial charge on any atom is 0.329 e. The number of methoxy groups -OCH3 is 1. The number of nitrogens with one attached hydrogen (secondary N) is 3. The molecule has 0 spiro atoms. The lowest BCUT2D eigenvalue weighted by atomic mass is 10.2. The summed E-state index contributed by atoms with van der Waals surface area (Å²) >= 11 is 0. The largest absolute Gasteiger partial charge is 0.497 e. The van der Waals surface area contributed by atoms with Crippen LogP contribution in [0.4, 0.5) is 15.8 Å². The van der Waals surface area contributed by atoms with Crippen molar-refractivity contribution < 1.29 is 33.0 Å². The zero-order valence-electron chi connectivity index (χ0n) is 20.1. The van der Waals surface area contributed by atoms with Crippen LogP contribution in [0.5, 0.6) is 17.2 Å². The molecule has 0 saturated carbocycles. The lowest BCUT2D eigenvalue weighted by Crippen LogP contribution is -2.32. The van der Waals surface area contributed by atoms with E-state index in [4.69, 9.17) is 14.2 Å². The summed E-state index contributed by atoms with van der Waals surface area (Å²) < 4.78 is 29.2. The van der Waals surface area contributed by atoms with Crippen molar-refractivity contribution in [2.75, 3.05) is 31.0 Å². The standard InChI is InChI=1S/C26H25FN4O6/c1-3-36-23-14-17(15-28-31-26(34)25(33)30-20-7-5-18(27)6-8-20)4-13-22(23)37-16-24(32)29-19-9-11-21(35-2)12-10-19/h4-15H,3,16H2,1-2H3,(H,29,32)(H,30,33)(H,31,34)/b28-15-. The van der Waals surface area contributed by atoms with Gasteiger partial charge in [-0.05, 0) is 79.2 Å². The summed E-state index contributed by atoms with van der Waals surface area (Å²) in [6.07, 6.45) is 1.31. The predicted molar refractivity (Wildman–Crippen MR) is 135 cm³/mol. The van der Waals surface area contributed by atoms with Crippen LogP contribution in [0.25, 0.3) is 0 Å². The Bertz CT molecular complexity index is 1260. The first kappa shape index (κ1) is 26.7. The van der Waals surface area contributed by atoms with E-state index in [0.29, 0.717) is 35.1 Å². The fraction of sp³-hybridized carbons (Fsp3) is 0.154. The molecule has 0 bridgehead atoms. The number of rotatable bonds is 10. The van der Waals surface area contributed by atoms with E-state index in [1.165, 1.54) is 18.3 Å². The third-order valence-corrected chi connectivity index (χ3v) is 4.69. The minimum atomic E-state index is -1.01. The molecule has 0 aliphatic rings. The van der Waals surface area contributed by atoms with Crippen LogP contribution < -0.4 is 30.3 Å². The zero-order valence-corrected chi connectivity index (χ0v) is 20.1. The number of nitrogens with zero attached hydrogens (tertiary/aromatic N) is 1. The van der Waals surface area contributed by atoms with Gasteiger partial charge < -0.3 is 24.8 Å². The monoisotopic (exact) mass is 508 g/mol. The summed E-state index contributed by atoms with van der Waals surface area (Å²) in [5.74, 6) is -1.42. The highest BCUT2D eigenvalue weighted by molar-refractivity contribution is 6.39. The van der Waals surface area contributed by atoms with Crippen LogP contribution >= 0.6 is 0 Å².